The Morgan fingerprint density at radius 1 is 1.35 bits per heavy atom. The van der Waals surface area contributed by atoms with E-state index in [2.05, 4.69) is 41.4 Å². The molecule has 1 aromatic carbocycles. The molecule has 0 atom stereocenters. The number of H-pyrrole nitrogens is 1. The SMILES string of the molecule is Cc1ccc(CCC(=O)N2CCc3[nH]ncc3C2)cc1. The average molecular weight is 269 g/mol. The molecule has 1 amide bonds. The maximum Gasteiger partial charge on any atom is 0.223 e. The number of hydrogen-bond acceptors (Lipinski definition) is 2. The Labute approximate surface area is 118 Å². The Balaban J connectivity index is 1.56. The summed E-state index contributed by atoms with van der Waals surface area (Å²) in [5.41, 5.74) is 4.81. The van der Waals surface area contributed by atoms with E-state index in [1.54, 1.807) is 0 Å². The molecule has 20 heavy (non-hydrogen) atoms. The first kappa shape index (κ1) is 12.9. The van der Waals surface area contributed by atoms with Gasteiger partial charge < -0.3 is 4.90 Å². The summed E-state index contributed by atoms with van der Waals surface area (Å²) in [5.74, 6) is 0.234. The molecule has 104 valence electrons. The molecule has 4 nitrogen and oxygen atoms in total. The van der Waals surface area contributed by atoms with Crippen LogP contribution in [0.2, 0.25) is 0 Å². The summed E-state index contributed by atoms with van der Waals surface area (Å²) in [5, 5.41) is 7.03. The molecule has 2 aromatic rings. The Kier molecular flexibility index (Phi) is 3.54. The number of amides is 1. The molecule has 1 aromatic heterocycles. The summed E-state index contributed by atoms with van der Waals surface area (Å²) < 4.78 is 0. The number of aromatic nitrogens is 2. The van der Waals surface area contributed by atoms with Gasteiger partial charge in [0.2, 0.25) is 5.91 Å². The van der Waals surface area contributed by atoms with Crippen molar-refractivity contribution >= 4 is 5.91 Å². The van der Waals surface area contributed by atoms with Crippen LogP contribution in [-0.4, -0.2) is 27.5 Å². The summed E-state index contributed by atoms with van der Waals surface area (Å²) in [6.07, 6.45) is 4.10. The Bertz CT molecular complexity index is 600. The van der Waals surface area contributed by atoms with Crippen LogP contribution in [0, 0.1) is 6.92 Å². The normalized spacial score (nSPS) is 14.2. The highest BCUT2D eigenvalue weighted by atomic mass is 16.2. The quantitative estimate of drug-likeness (QED) is 0.929. The van der Waals surface area contributed by atoms with Crippen molar-refractivity contribution in [3.63, 3.8) is 0 Å². The first-order chi connectivity index (χ1) is 9.72. The molecule has 1 aliphatic rings. The summed E-state index contributed by atoms with van der Waals surface area (Å²) in [7, 11) is 0. The van der Waals surface area contributed by atoms with Crippen molar-refractivity contribution in [2.45, 2.75) is 32.7 Å². The number of carbonyl (C=O) groups is 1. The van der Waals surface area contributed by atoms with Crippen LogP contribution in [0.1, 0.15) is 28.8 Å². The smallest absolute Gasteiger partial charge is 0.223 e. The molecule has 1 aliphatic heterocycles. The van der Waals surface area contributed by atoms with Crippen molar-refractivity contribution in [3.8, 4) is 0 Å². The summed E-state index contributed by atoms with van der Waals surface area (Å²) in [4.78, 5) is 14.2. The molecule has 0 saturated carbocycles. The third-order valence-electron chi connectivity index (χ3n) is 3.90. The van der Waals surface area contributed by atoms with E-state index in [-0.39, 0.29) is 5.91 Å². The van der Waals surface area contributed by atoms with Crippen LogP contribution < -0.4 is 0 Å². The van der Waals surface area contributed by atoms with Gasteiger partial charge in [0, 0.05) is 37.2 Å². The van der Waals surface area contributed by atoms with Gasteiger partial charge in [0.25, 0.3) is 0 Å². The van der Waals surface area contributed by atoms with E-state index in [4.69, 9.17) is 0 Å². The third-order valence-corrected chi connectivity index (χ3v) is 3.90. The fourth-order valence-corrected chi connectivity index (χ4v) is 2.60. The van der Waals surface area contributed by atoms with Crippen LogP contribution >= 0.6 is 0 Å². The van der Waals surface area contributed by atoms with E-state index in [1.165, 1.54) is 16.8 Å². The monoisotopic (exact) mass is 269 g/mol. The lowest BCUT2D eigenvalue weighted by Gasteiger charge is -2.26. The minimum atomic E-state index is 0.234. The summed E-state index contributed by atoms with van der Waals surface area (Å²) in [6.45, 7) is 3.56. The zero-order valence-electron chi connectivity index (χ0n) is 11.7. The molecule has 0 saturated heterocycles. The predicted molar refractivity (Wildman–Crippen MR) is 77.2 cm³/mol. The van der Waals surface area contributed by atoms with Gasteiger partial charge in [-0.05, 0) is 18.9 Å². The lowest BCUT2D eigenvalue weighted by molar-refractivity contribution is -0.132. The summed E-state index contributed by atoms with van der Waals surface area (Å²) >= 11 is 0. The second-order valence-corrected chi connectivity index (χ2v) is 5.42. The van der Waals surface area contributed by atoms with Gasteiger partial charge in [-0.2, -0.15) is 5.10 Å². The molecular formula is C16H19N3O. The van der Waals surface area contributed by atoms with Crippen molar-refractivity contribution in [3.05, 3.63) is 52.8 Å². The van der Waals surface area contributed by atoms with Crippen LogP contribution in [0.25, 0.3) is 0 Å². The first-order valence-electron chi connectivity index (χ1n) is 7.07. The number of rotatable bonds is 3. The van der Waals surface area contributed by atoms with Gasteiger partial charge in [0.05, 0.1) is 6.20 Å². The van der Waals surface area contributed by atoms with Crippen LogP contribution in [0.15, 0.2) is 30.5 Å². The van der Waals surface area contributed by atoms with Crippen molar-refractivity contribution in [2.75, 3.05) is 6.54 Å². The Morgan fingerprint density at radius 3 is 2.95 bits per heavy atom. The van der Waals surface area contributed by atoms with Crippen molar-refractivity contribution in [1.82, 2.24) is 15.1 Å². The van der Waals surface area contributed by atoms with Gasteiger partial charge in [-0.1, -0.05) is 29.8 Å². The van der Waals surface area contributed by atoms with Gasteiger partial charge in [-0.25, -0.2) is 0 Å². The number of aryl methyl sites for hydroxylation is 2. The number of hydrogen-bond donors (Lipinski definition) is 1. The van der Waals surface area contributed by atoms with Gasteiger partial charge in [-0.3, -0.25) is 9.89 Å². The molecular weight excluding hydrogens is 250 g/mol. The van der Waals surface area contributed by atoms with E-state index in [0.717, 1.165) is 24.9 Å². The minimum absolute atomic E-state index is 0.234. The largest absolute Gasteiger partial charge is 0.338 e. The van der Waals surface area contributed by atoms with Crippen molar-refractivity contribution in [2.24, 2.45) is 0 Å². The molecule has 3 rings (SSSR count). The second kappa shape index (κ2) is 5.49. The first-order valence-corrected chi connectivity index (χ1v) is 7.07. The van der Waals surface area contributed by atoms with Gasteiger partial charge in [0.15, 0.2) is 0 Å². The summed E-state index contributed by atoms with van der Waals surface area (Å²) in [6, 6.07) is 8.40. The van der Waals surface area contributed by atoms with E-state index in [0.29, 0.717) is 13.0 Å². The molecule has 0 aliphatic carbocycles. The number of aromatic amines is 1. The molecule has 0 unspecified atom stereocenters. The maximum absolute atomic E-state index is 12.3. The van der Waals surface area contributed by atoms with Gasteiger partial charge in [-0.15, -0.1) is 0 Å². The minimum Gasteiger partial charge on any atom is -0.338 e. The molecule has 1 N–H and O–H groups in total. The molecule has 0 spiro atoms. The number of nitrogens with zero attached hydrogens (tertiary/aromatic N) is 2. The fraction of sp³-hybridized carbons (Fsp3) is 0.375. The van der Waals surface area contributed by atoms with Gasteiger partial charge in [0.1, 0.15) is 0 Å². The van der Waals surface area contributed by atoms with Crippen LogP contribution in [0.3, 0.4) is 0 Å². The Morgan fingerprint density at radius 2 is 2.15 bits per heavy atom. The highest BCUT2D eigenvalue weighted by Gasteiger charge is 2.21. The topological polar surface area (TPSA) is 49.0 Å². The molecule has 0 bridgehead atoms. The van der Waals surface area contributed by atoms with Crippen LogP contribution in [0.4, 0.5) is 0 Å². The lowest BCUT2D eigenvalue weighted by atomic mass is 10.1. The highest BCUT2D eigenvalue weighted by molar-refractivity contribution is 5.76. The third kappa shape index (κ3) is 2.74. The zero-order valence-corrected chi connectivity index (χ0v) is 11.7. The number of benzene rings is 1. The van der Waals surface area contributed by atoms with Crippen LogP contribution in [-0.2, 0) is 24.2 Å². The van der Waals surface area contributed by atoms with E-state index in [1.807, 2.05) is 11.1 Å². The molecule has 4 heteroatoms. The molecule has 0 fully saturated rings. The van der Waals surface area contributed by atoms with E-state index >= 15 is 0 Å². The number of carbonyl (C=O) groups excluding carboxylic acids is 1. The number of fused-ring (bicyclic) bond motifs is 1. The second-order valence-electron chi connectivity index (χ2n) is 5.42. The molecule has 0 radical (unpaired) electrons. The Hall–Kier alpha value is -2.10. The van der Waals surface area contributed by atoms with Gasteiger partial charge >= 0.3 is 0 Å². The lowest BCUT2D eigenvalue weighted by Crippen LogP contribution is -2.35. The van der Waals surface area contributed by atoms with Crippen molar-refractivity contribution in [1.29, 1.82) is 0 Å². The average Bonchev–Trinajstić information content (AvgIpc) is 2.93. The predicted octanol–water partition coefficient (Wildman–Crippen LogP) is 2.24. The maximum atomic E-state index is 12.3. The zero-order chi connectivity index (χ0) is 13.9. The number of nitrogens with one attached hydrogen (secondary N) is 1. The molecule has 2 heterocycles. The fourth-order valence-electron chi connectivity index (χ4n) is 2.60. The van der Waals surface area contributed by atoms with E-state index in [9.17, 15) is 4.79 Å². The van der Waals surface area contributed by atoms with E-state index < -0.39 is 0 Å². The standard InChI is InChI=1S/C16H19N3O/c1-12-2-4-13(5-3-12)6-7-16(20)19-9-8-15-14(11-19)10-17-18-15/h2-5,10H,6-9,11H2,1H3,(H,17,18). The van der Waals surface area contributed by atoms with Crippen molar-refractivity contribution < 1.29 is 4.79 Å². The van der Waals surface area contributed by atoms with Crippen LogP contribution in [0.5, 0.6) is 0 Å². The highest BCUT2D eigenvalue weighted by Crippen LogP contribution is 2.17.